The second-order valence-corrected chi connectivity index (χ2v) is 2.94. The Bertz CT molecular complexity index is 316. The number of carbonyl (C=O) groups excluding carboxylic acids is 1. The molecule has 2 N–H and O–H groups in total. The minimum atomic E-state index is -0.0544. The molecule has 1 aliphatic heterocycles. The molecule has 1 aromatic heterocycles. The maximum Gasteiger partial charge on any atom is 0.165 e. The van der Waals surface area contributed by atoms with E-state index in [9.17, 15) is 4.79 Å². The van der Waals surface area contributed by atoms with Crippen LogP contribution in [0.2, 0.25) is 0 Å². The Morgan fingerprint density at radius 2 is 2.54 bits per heavy atom. The summed E-state index contributed by atoms with van der Waals surface area (Å²) < 4.78 is 0. The Morgan fingerprint density at radius 1 is 1.62 bits per heavy atom. The number of carbonyl (C=O) groups is 1. The van der Waals surface area contributed by atoms with Gasteiger partial charge in [-0.25, -0.2) is 0 Å². The molecule has 4 nitrogen and oxygen atoms in total. The topological polar surface area (TPSA) is 57.2 Å². The first-order valence-electron chi connectivity index (χ1n) is 4.28. The highest BCUT2D eigenvalue weighted by Crippen LogP contribution is 2.13. The normalized spacial score (nSPS) is 22.5. The second kappa shape index (κ2) is 3.53. The molecule has 0 amide bonds. The highest BCUT2D eigenvalue weighted by molar-refractivity contribution is 6.30. The van der Waals surface area contributed by atoms with Crippen molar-refractivity contribution in [3.8, 4) is 0 Å². The molecular weight excluding hydrogens is 166 g/mol. The number of aromatic amines is 1. The summed E-state index contributed by atoms with van der Waals surface area (Å²) in [7, 11) is 0. The third kappa shape index (κ3) is 1.53. The van der Waals surface area contributed by atoms with E-state index in [1.54, 1.807) is 0 Å². The fourth-order valence-corrected chi connectivity index (χ4v) is 1.49. The van der Waals surface area contributed by atoms with Crippen LogP contribution in [0.15, 0.2) is 23.3 Å². The molecule has 4 heteroatoms. The molecular formula is C9H11N3O. The molecule has 2 rings (SSSR count). The lowest BCUT2D eigenvalue weighted by Gasteiger charge is -2.20. The third-order valence-corrected chi connectivity index (χ3v) is 2.10. The van der Waals surface area contributed by atoms with E-state index in [0.29, 0.717) is 12.3 Å². The van der Waals surface area contributed by atoms with Crippen LogP contribution in [0.4, 0.5) is 0 Å². The quantitative estimate of drug-likeness (QED) is 0.638. The zero-order valence-corrected chi connectivity index (χ0v) is 7.16. The van der Waals surface area contributed by atoms with Crippen LogP contribution in [0.25, 0.3) is 0 Å². The number of H-pyrrole nitrogens is 1. The molecule has 1 aromatic rings. The molecule has 1 aliphatic rings. The van der Waals surface area contributed by atoms with Crippen LogP contribution in [0.3, 0.4) is 0 Å². The molecule has 0 aliphatic carbocycles. The van der Waals surface area contributed by atoms with Gasteiger partial charge in [-0.05, 0) is 12.1 Å². The average Bonchev–Trinajstić information content (AvgIpc) is 2.70. The Balaban J connectivity index is 2.27. The van der Waals surface area contributed by atoms with Gasteiger partial charge in [-0.1, -0.05) is 0 Å². The minimum absolute atomic E-state index is 0.0544. The van der Waals surface area contributed by atoms with Crippen molar-refractivity contribution in [1.29, 1.82) is 0 Å². The molecule has 0 spiro atoms. The summed E-state index contributed by atoms with van der Waals surface area (Å²) in [5, 5.41) is 3.23. The van der Waals surface area contributed by atoms with E-state index in [-0.39, 0.29) is 6.04 Å². The van der Waals surface area contributed by atoms with E-state index >= 15 is 0 Å². The zero-order chi connectivity index (χ0) is 9.10. The van der Waals surface area contributed by atoms with Crippen molar-refractivity contribution in [2.45, 2.75) is 6.04 Å². The van der Waals surface area contributed by atoms with Crippen molar-refractivity contribution in [3.05, 3.63) is 24.0 Å². The van der Waals surface area contributed by atoms with Crippen LogP contribution in [-0.4, -0.2) is 30.1 Å². The molecule has 13 heavy (non-hydrogen) atoms. The predicted molar refractivity (Wildman–Crippen MR) is 49.9 cm³/mol. The summed E-state index contributed by atoms with van der Waals surface area (Å²) in [4.78, 5) is 17.9. The highest BCUT2D eigenvalue weighted by atomic mass is 16.1. The van der Waals surface area contributed by atoms with Gasteiger partial charge in [0, 0.05) is 18.4 Å². The van der Waals surface area contributed by atoms with Gasteiger partial charge in [-0.3, -0.25) is 9.79 Å². The Morgan fingerprint density at radius 3 is 3.23 bits per heavy atom. The number of aldehydes is 1. The molecule has 2 heterocycles. The minimum Gasteiger partial charge on any atom is -0.363 e. The number of hydrogen-bond acceptors (Lipinski definition) is 3. The van der Waals surface area contributed by atoms with Crippen molar-refractivity contribution in [2.24, 2.45) is 4.99 Å². The van der Waals surface area contributed by atoms with Gasteiger partial charge in [0.1, 0.15) is 0 Å². The van der Waals surface area contributed by atoms with Crippen molar-refractivity contribution in [1.82, 2.24) is 10.3 Å². The van der Waals surface area contributed by atoms with Crippen LogP contribution < -0.4 is 5.32 Å². The Labute approximate surface area is 76.1 Å². The number of rotatable bonds is 2. The van der Waals surface area contributed by atoms with E-state index in [2.05, 4.69) is 15.3 Å². The molecule has 1 unspecified atom stereocenters. The lowest BCUT2D eigenvalue weighted by molar-refractivity contribution is -0.102. The first-order chi connectivity index (χ1) is 6.42. The summed E-state index contributed by atoms with van der Waals surface area (Å²) in [5.74, 6) is 0. The van der Waals surface area contributed by atoms with E-state index in [4.69, 9.17) is 0 Å². The molecule has 0 fully saturated rings. The van der Waals surface area contributed by atoms with Crippen molar-refractivity contribution in [2.75, 3.05) is 13.1 Å². The number of hydrogen-bond donors (Lipinski definition) is 2. The van der Waals surface area contributed by atoms with Gasteiger partial charge in [0.15, 0.2) is 6.29 Å². The summed E-state index contributed by atoms with van der Waals surface area (Å²) in [6.45, 7) is 1.51. The first kappa shape index (κ1) is 8.19. The second-order valence-electron chi connectivity index (χ2n) is 2.94. The highest BCUT2D eigenvalue weighted by Gasteiger charge is 2.20. The zero-order valence-electron chi connectivity index (χ0n) is 7.16. The summed E-state index contributed by atoms with van der Waals surface area (Å²) in [6, 6.07) is 3.80. The summed E-state index contributed by atoms with van der Waals surface area (Å²) in [6.07, 6.45) is 2.66. The van der Waals surface area contributed by atoms with Crippen molar-refractivity contribution in [3.63, 3.8) is 0 Å². The number of nitrogens with one attached hydrogen (secondary N) is 2. The molecule has 0 saturated carbocycles. The molecule has 1 atom stereocenters. The SMILES string of the molecule is O=CC1=NCCNC1c1ccc[nH]1. The monoisotopic (exact) mass is 177 g/mol. The van der Waals surface area contributed by atoms with Gasteiger partial charge < -0.3 is 10.3 Å². The predicted octanol–water partition coefficient (Wildman–Crippen LogP) is 0.299. The van der Waals surface area contributed by atoms with E-state index < -0.39 is 0 Å². The molecule has 0 saturated heterocycles. The largest absolute Gasteiger partial charge is 0.363 e. The molecule has 68 valence electrons. The number of aromatic nitrogens is 1. The van der Waals surface area contributed by atoms with Crippen LogP contribution in [0.5, 0.6) is 0 Å². The van der Waals surface area contributed by atoms with Crippen LogP contribution in [0.1, 0.15) is 11.7 Å². The van der Waals surface area contributed by atoms with Gasteiger partial charge in [0.2, 0.25) is 0 Å². The van der Waals surface area contributed by atoms with Gasteiger partial charge in [-0.15, -0.1) is 0 Å². The lowest BCUT2D eigenvalue weighted by Crippen LogP contribution is -2.36. The molecule has 0 aromatic carbocycles. The Kier molecular flexibility index (Phi) is 2.23. The fraction of sp³-hybridized carbons (Fsp3) is 0.333. The molecule has 0 bridgehead atoms. The van der Waals surface area contributed by atoms with Gasteiger partial charge in [0.25, 0.3) is 0 Å². The summed E-state index contributed by atoms with van der Waals surface area (Å²) >= 11 is 0. The van der Waals surface area contributed by atoms with Crippen LogP contribution in [0, 0.1) is 0 Å². The van der Waals surface area contributed by atoms with Crippen molar-refractivity contribution >= 4 is 12.0 Å². The van der Waals surface area contributed by atoms with Crippen LogP contribution >= 0.6 is 0 Å². The standard InChI is InChI=1S/C9H11N3O/c13-6-8-9(12-5-4-11-8)7-2-1-3-10-7/h1-3,6,9-10,12H,4-5H2. The maximum atomic E-state index is 10.7. The van der Waals surface area contributed by atoms with E-state index in [0.717, 1.165) is 18.5 Å². The van der Waals surface area contributed by atoms with Crippen molar-refractivity contribution < 1.29 is 4.79 Å². The Hall–Kier alpha value is -1.42. The average molecular weight is 177 g/mol. The fourth-order valence-electron chi connectivity index (χ4n) is 1.49. The van der Waals surface area contributed by atoms with Gasteiger partial charge >= 0.3 is 0 Å². The third-order valence-electron chi connectivity index (χ3n) is 2.10. The lowest BCUT2D eigenvalue weighted by atomic mass is 10.1. The van der Waals surface area contributed by atoms with E-state index in [1.807, 2.05) is 18.3 Å². The number of nitrogens with zero attached hydrogens (tertiary/aromatic N) is 1. The summed E-state index contributed by atoms with van der Waals surface area (Å²) in [5.41, 5.74) is 1.57. The molecule has 0 radical (unpaired) electrons. The van der Waals surface area contributed by atoms with E-state index in [1.165, 1.54) is 0 Å². The van der Waals surface area contributed by atoms with Gasteiger partial charge in [0.05, 0.1) is 18.3 Å². The van der Waals surface area contributed by atoms with Crippen LogP contribution in [-0.2, 0) is 4.79 Å². The first-order valence-corrected chi connectivity index (χ1v) is 4.28. The van der Waals surface area contributed by atoms with Gasteiger partial charge in [-0.2, -0.15) is 0 Å². The maximum absolute atomic E-state index is 10.7. The number of aliphatic imine (C=N–C) groups is 1. The smallest absolute Gasteiger partial charge is 0.165 e.